The minimum absolute atomic E-state index is 0. The molecule has 9 nitrogen and oxygen atoms in total. The molecule has 1 rings (SSSR count). The summed E-state index contributed by atoms with van der Waals surface area (Å²) < 4.78 is 35.4. The van der Waals surface area contributed by atoms with Crippen molar-refractivity contribution in [3.05, 3.63) is 0 Å². The molecule has 104 valence electrons. The molecule has 4 atom stereocenters. The van der Waals surface area contributed by atoms with Crippen molar-refractivity contribution in [2.24, 2.45) is 5.92 Å². The van der Waals surface area contributed by atoms with Crippen LogP contribution in [0, 0.1) is 11.3 Å². The third-order valence-electron chi connectivity index (χ3n) is 2.68. The van der Waals surface area contributed by atoms with Crippen LogP contribution in [0.3, 0.4) is 0 Å². The molecule has 1 fully saturated rings. The quantitative estimate of drug-likeness (QED) is 0.154. The molecule has 11 heteroatoms. The van der Waals surface area contributed by atoms with Crippen LogP contribution in [0.5, 0.6) is 0 Å². The van der Waals surface area contributed by atoms with Gasteiger partial charge in [0.25, 0.3) is 0 Å². The summed E-state index contributed by atoms with van der Waals surface area (Å²) in [7, 11) is -4.79. The predicted octanol–water partition coefficient (Wildman–Crippen LogP) is -5.30. The van der Waals surface area contributed by atoms with Gasteiger partial charge < -0.3 is 14.9 Å². The molecule has 1 aliphatic rings. The summed E-state index contributed by atoms with van der Waals surface area (Å²) in [6.07, 6.45) is -3.72. The van der Waals surface area contributed by atoms with E-state index in [1.54, 1.807) is 0 Å². The van der Waals surface area contributed by atoms with Crippen molar-refractivity contribution < 1.29 is 84.1 Å². The Hall–Kier alpha value is 0.246. The number of carbonyl (C=O) groups excluding carboxylic acids is 1. The van der Waals surface area contributed by atoms with Gasteiger partial charge in [-0.3, -0.25) is 14.8 Å². The van der Waals surface area contributed by atoms with Gasteiger partial charge in [0, 0.05) is 6.10 Å². The van der Waals surface area contributed by atoms with E-state index < -0.39 is 46.5 Å². The molecule has 1 heterocycles. The maximum absolute atomic E-state index is 11.5. The molecule has 0 bridgehead atoms. The van der Waals surface area contributed by atoms with Crippen molar-refractivity contribution in [3.8, 4) is 0 Å². The van der Waals surface area contributed by atoms with Gasteiger partial charge in [-0.25, -0.2) is 4.31 Å². The summed E-state index contributed by atoms with van der Waals surface area (Å²) in [5.41, 5.74) is 0. The van der Waals surface area contributed by atoms with Crippen LogP contribution in [0.25, 0.3) is 0 Å². The van der Waals surface area contributed by atoms with Crippen LogP contribution in [-0.4, -0.2) is 52.6 Å². The average molecular weight is 320 g/mol. The number of β-lactam (4-membered cyclic amide) rings is 1. The van der Waals surface area contributed by atoms with Crippen LogP contribution >= 0.6 is 0 Å². The number of ether oxygens (including phenoxy) is 1. The second-order valence-corrected chi connectivity index (χ2v) is 5.27. The summed E-state index contributed by atoms with van der Waals surface area (Å²) in [6.45, 7) is 2.53. The fourth-order valence-electron chi connectivity index (χ4n) is 1.98. The maximum Gasteiger partial charge on any atom is 1.00 e. The van der Waals surface area contributed by atoms with Gasteiger partial charge >= 0.3 is 61.7 Å². The fourth-order valence-corrected chi connectivity index (χ4v) is 2.94. The van der Waals surface area contributed by atoms with E-state index in [1.165, 1.54) is 13.8 Å². The normalized spacial score (nSPS) is 25.9. The van der Waals surface area contributed by atoms with Crippen molar-refractivity contribution in [2.75, 3.05) is 0 Å². The Bertz CT molecular complexity index is 466. The molecule has 0 radical (unpaired) electrons. The summed E-state index contributed by atoms with van der Waals surface area (Å²) in [4.78, 5) is 11.5. The number of nitrogens with zero attached hydrogens (tertiary/aromatic N) is 1. The predicted molar refractivity (Wildman–Crippen MR) is 55.6 cm³/mol. The molecule has 0 aliphatic carbocycles. The van der Waals surface area contributed by atoms with Crippen LogP contribution in [0.2, 0.25) is 0 Å². The Morgan fingerprint density at radius 2 is 2.00 bits per heavy atom. The van der Waals surface area contributed by atoms with Crippen LogP contribution < -0.4 is 56.5 Å². The van der Waals surface area contributed by atoms with E-state index in [1.807, 2.05) is 0 Å². The molecule has 3 N–H and O–H groups in total. The number of aliphatic hydroxyl groups is 1. The third-order valence-corrected chi connectivity index (χ3v) is 3.60. The molecule has 0 aromatic carbocycles. The van der Waals surface area contributed by atoms with E-state index in [-0.39, 0.29) is 55.7 Å². The second kappa shape index (κ2) is 6.80. The molecular formula is C8H13KN2O7S. The molecular weight excluding hydrogens is 307 g/mol. The SMILES string of the molecule is C[C@H](OC(=N)[O-])[C@@H]1[C@@H]([C@@H](C)O)C(=O)N1S(=O)(=O)O.[K+]. The van der Waals surface area contributed by atoms with Crippen LogP contribution in [0.1, 0.15) is 13.8 Å². The van der Waals surface area contributed by atoms with Gasteiger partial charge in [-0.05, 0) is 6.92 Å². The molecule has 0 unspecified atom stereocenters. The first kappa shape index (κ1) is 19.2. The van der Waals surface area contributed by atoms with Crippen molar-refractivity contribution in [2.45, 2.75) is 32.1 Å². The second-order valence-electron chi connectivity index (χ2n) is 3.98. The summed E-state index contributed by atoms with van der Waals surface area (Å²) in [6, 6.07) is -1.22. The summed E-state index contributed by atoms with van der Waals surface area (Å²) in [5, 5.41) is 26.5. The van der Waals surface area contributed by atoms with E-state index in [0.717, 1.165) is 0 Å². The van der Waals surface area contributed by atoms with Gasteiger partial charge in [-0.15, -0.1) is 0 Å². The van der Waals surface area contributed by atoms with E-state index in [9.17, 15) is 23.4 Å². The minimum Gasteiger partial charge on any atom is -0.595 e. The van der Waals surface area contributed by atoms with Gasteiger partial charge in [0.1, 0.15) is 6.08 Å². The molecule has 1 saturated heterocycles. The molecule has 0 spiro atoms. The Morgan fingerprint density at radius 3 is 2.32 bits per heavy atom. The van der Waals surface area contributed by atoms with Crippen molar-refractivity contribution in [1.82, 2.24) is 4.31 Å². The zero-order valence-corrected chi connectivity index (χ0v) is 14.5. The third kappa shape index (κ3) is 4.11. The number of hydrogen-bond donors (Lipinski definition) is 3. The van der Waals surface area contributed by atoms with Crippen molar-refractivity contribution >= 4 is 22.3 Å². The largest absolute Gasteiger partial charge is 1.00 e. The smallest absolute Gasteiger partial charge is 0.595 e. The zero-order chi connectivity index (χ0) is 14.2. The van der Waals surface area contributed by atoms with Crippen molar-refractivity contribution in [3.63, 3.8) is 0 Å². The minimum atomic E-state index is -4.79. The fraction of sp³-hybridized carbons (Fsp3) is 0.750. The summed E-state index contributed by atoms with van der Waals surface area (Å²) >= 11 is 0. The number of aliphatic hydroxyl groups excluding tert-OH is 1. The monoisotopic (exact) mass is 320 g/mol. The zero-order valence-electron chi connectivity index (χ0n) is 10.6. The maximum atomic E-state index is 11.5. The number of carbonyl (C=O) groups is 1. The standard InChI is InChI=1S/C8H14N2O7S.K/c1-3(11)5-6(4(2)17-8(9)13)10(7(5)12)18(14,15)16;/h3-6,11H,1-2H3,(H2,9,13)(H,14,15,16);/q;+1/p-1/t3-,4+,5-,6-;/m1./s1. The first-order valence-corrected chi connectivity index (χ1v) is 6.38. The number of nitrogens with one attached hydrogen (secondary N) is 1. The van der Waals surface area contributed by atoms with Gasteiger partial charge in [0.05, 0.1) is 18.1 Å². The molecule has 0 aromatic rings. The number of rotatable bonds is 4. The van der Waals surface area contributed by atoms with E-state index in [2.05, 4.69) is 4.74 Å². The Labute approximate surface area is 152 Å². The van der Waals surface area contributed by atoms with Crippen LogP contribution in [-0.2, 0) is 19.8 Å². The van der Waals surface area contributed by atoms with Gasteiger partial charge in [-0.2, -0.15) is 8.42 Å². The number of hydrogen-bond acceptors (Lipinski definition) is 7. The Morgan fingerprint density at radius 1 is 1.53 bits per heavy atom. The summed E-state index contributed by atoms with van der Waals surface area (Å²) in [5.74, 6) is -2.09. The molecule has 0 aromatic heterocycles. The number of amides is 1. The molecule has 1 aliphatic heterocycles. The van der Waals surface area contributed by atoms with E-state index in [0.29, 0.717) is 0 Å². The van der Waals surface area contributed by atoms with Crippen molar-refractivity contribution in [1.29, 1.82) is 5.41 Å². The first-order chi connectivity index (χ1) is 8.07. The van der Waals surface area contributed by atoms with Gasteiger partial charge in [0.15, 0.2) is 0 Å². The van der Waals surface area contributed by atoms with Gasteiger partial charge in [0.2, 0.25) is 5.91 Å². The topological polar surface area (TPSA) is 151 Å². The van der Waals surface area contributed by atoms with E-state index in [4.69, 9.17) is 9.96 Å². The molecule has 1 amide bonds. The average Bonchev–Trinajstić information content (AvgIpc) is 2.08. The van der Waals surface area contributed by atoms with E-state index >= 15 is 0 Å². The van der Waals surface area contributed by atoms with Gasteiger partial charge in [-0.1, -0.05) is 6.92 Å². The Kier molecular flexibility index (Phi) is 6.89. The van der Waals surface area contributed by atoms with Crippen LogP contribution in [0.4, 0.5) is 0 Å². The Balaban J connectivity index is 0.00000324. The first-order valence-electron chi connectivity index (χ1n) is 4.98. The molecule has 19 heavy (non-hydrogen) atoms. The molecule has 0 saturated carbocycles. The van der Waals surface area contributed by atoms with Crippen LogP contribution in [0.15, 0.2) is 0 Å².